The summed E-state index contributed by atoms with van der Waals surface area (Å²) in [6, 6.07) is 0. The van der Waals surface area contributed by atoms with Crippen LogP contribution in [0.15, 0.2) is 0 Å². The first-order valence-corrected chi connectivity index (χ1v) is 28.4. The van der Waals surface area contributed by atoms with Crippen LogP contribution in [-0.4, -0.2) is 256 Å². The second kappa shape index (κ2) is 23.1. The first kappa shape index (κ1) is 61.6. The van der Waals surface area contributed by atoms with Crippen molar-refractivity contribution in [2.45, 2.75) is 266 Å². The molecule has 452 valence electrons. The van der Waals surface area contributed by atoms with E-state index in [0.29, 0.717) is 38.5 Å². The molecule has 0 aromatic heterocycles. The van der Waals surface area contributed by atoms with Crippen molar-refractivity contribution in [2.24, 2.45) is 45.3 Å². The number of hydrogen-bond acceptors (Lipinski definition) is 24. The van der Waals surface area contributed by atoms with E-state index in [1.165, 1.54) is 0 Å². The summed E-state index contributed by atoms with van der Waals surface area (Å²) in [7, 11) is 0. The average Bonchev–Trinajstić information content (AvgIpc) is 4.05. The maximum absolute atomic E-state index is 12.7. The van der Waals surface area contributed by atoms with Gasteiger partial charge in [0.1, 0.15) is 97.7 Å². The molecule has 4 aliphatic carbocycles. The molecule has 5 aliphatic heterocycles. The fourth-order valence-electron chi connectivity index (χ4n) is 16.6. The number of epoxide rings is 1. The highest BCUT2D eigenvalue weighted by Crippen LogP contribution is 2.75. The van der Waals surface area contributed by atoms with E-state index < -0.39 is 173 Å². The molecule has 24 heteroatoms. The fraction of sp³-hybridized carbons (Fsp3) is 1.00. The van der Waals surface area contributed by atoms with Gasteiger partial charge in [-0.05, 0) is 123 Å². The predicted molar refractivity (Wildman–Crippen MR) is 266 cm³/mol. The molecule has 4 saturated carbocycles. The van der Waals surface area contributed by atoms with Crippen molar-refractivity contribution < 1.29 is 119 Å². The van der Waals surface area contributed by atoms with Gasteiger partial charge in [-0.2, -0.15) is 0 Å². The van der Waals surface area contributed by atoms with Crippen LogP contribution >= 0.6 is 0 Å². The van der Waals surface area contributed by atoms with Crippen LogP contribution in [0.2, 0.25) is 0 Å². The number of hydrogen-bond donors (Lipinski definition) is 15. The van der Waals surface area contributed by atoms with E-state index in [-0.39, 0.29) is 51.6 Å². The summed E-state index contributed by atoms with van der Waals surface area (Å²) in [4.78, 5) is 0. The van der Waals surface area contributed by atoms with Gasteiger partial charge in [0.05, 0.1) is 56.4 Å². The summed E-state index contributed by atoms with van der Waals surface area (Å²) < 4.78 is 54.4. The summed E-state index contributed by atoms with van der Waals surface area (Å²) in [5, 5.41) is 161. The van der Waals surface area contributed by atoms with E-state index in [4.69, 9.17) is 42.6 Å². The lowest BCUT2D eigenvalue weighted by atomic mass is 9.35. The molecule has 9 rings (SSSR count). The van der Waals surface area contributed by atoms with Crippen LogP contribution in [0.3, 0.4) is 0 Å². The minimum atomic E-state index is -1.81. The van der Waals surface area contributed by atoms with Crippen LogP contribution in [0, 0.1) is 45.3 Å². The van der Waals surface area contributed by atoms with Crippen LogP contribution in [0.4, 0.5) is 0 Å². The number of fused-ring (bicyclic) bond motifs is 5. The molecule has 5 unspecified atom stereocenters. The first-order valence-electron chi connectivity index (χ1n) is 28.4. The number of aliphatic hydroxyl groups is 15. The third kappa shape index (κ3) is 10.8. The third-order valence-electron chi connectivity index (χ3n) is 21.5. The molecule has 0 radical (unpaired) electrons. The summed E-state index contributed by atoms with van der Waals surface area (Å²) in [5.41, 5.74) is -1.68. The van der Waals surface area contributed by atoms with Crippen molar-refractivity contribution >= 4 is 0 Å². The molecule has 5 saturated heterocycles. The van der Waals surface area contributed by atoms with Crippen LogP contribution in [0.1, 0.15) is 113 Å². The molecule has 0 aromatic carbocycles. The van der Waals surface area contributed by atoms with Gasteiger partial charge in [0, 0.05) is 0 Å². The Hall–Kier alpha value is -0.960. The molecular formula is C54H92O24. The van der Waals surface area contributed by atoms with Gasteiger partial charge >= 0.3 is 0 Å². The Bertz CT molecular complexity index is 2000. The Labute approximate surface area is 455 Å². The molecule has 15 N–H and O–H groups in total. The Kier molecular flexibility index (Phi) is 18.3. The highest BCUT2D eigenvalue weighted by atomic mass is 16.8. The zero-order valence-corrected chi connectivity index (χ0v) is 45.9. The molecule has 24 nitrogen and oxygen atoms in total. The Morgan fingerprint density at radius 2 is 1.03 bits per heavy atom. The number of ether oxygens (including phenoxy) is 9. The lowest BCUT2D eigenvalue weighted by molar-refractivity contribution is -0.378. The lowest BCUT2D eigenvalue weighted by Gasteiger charge is -2.70. The van der Waals surface area contributed by atoms with E-state index in [9.17, 15) is 76.6 Å². The monoisotopic (exact) mass is 1120 g/mol. The minimum Gasteiger partial charge on any atom is -0.394 e. The van der Waals surface area contributed by atoms with E-state index in [2.05, 4.69) is 34.6 Å². The molecule has 0 amide bonds. The first-order chi connectivity index (χ1) is 36.6. The fourth-order valence-corrected chi connectivity index (χ4v) is 16.6. The van der Waals surface area contributed by atoms with Gasteiger partial charge in [-0.25, -0.2) is 0 Å². The standard InChI is InChI=1S/C54H92O24/c1-50(2)29-11-15-53(6)30(52(29,5)13-12-31(50)76-49-45(41(66)36(61)27(20-57)74-49)77-48-44(69)39(64)35(60)26(19-56)73-48)17-24(58)33-22(10-14-54(33,53)7)16-23(8-9-32-51(3,4)78-32)71-47-43(68)40(65)37(62)28(75-47)21-70-46-42(67)38(63)34(59)25(18-55)72-46/h22-49,55-69H,8-21H2,1-7H3/t22-,23-,24-,25-,26-,27-,28-,29?,30?,31?,32?,33?,34-,35-,36-,37-,38+,39+,40+,41+,42-,43+,44-,45-,46-,47-,48+,49+,52+,53-,54-/m1/s1. The second-order valence-electron chi connectivity index (χ2n) is 26.4. The predicted octanol–water partition coefficient (Wildman–Crippen LogP) is -2.99. The average molecular weight is 1130 g/mol. The maximum atomic E-state index is 12.7. The highest BCUT2D eigenvalue weighted by Gasteiger charge is 2.71. The minimum absolute atomic E-state index is 0.0150. The van der Waals surface area contributed by atoms with E-state index in [1.54, 1.807) is 0 Å². The van der Waals surface area contributed by atoms with Gasteiger partial charge in [-0.1, -0.05) is 34.6 Å². The summed E-state index contributed by atoms with van der Waals surface area (Å²) in [5.74, 6) is 0.0163. The van der Waals surface area contributed by atoms with E-state index in [1.807, 2.05) is 13.8 Å². The molecule has 5 heterocycles. The van der Waals surface area contributed by atoms with Gasteiger partial charge in [-0.15, -0.1) is 0 Å². The van der Waals surface area contributed by atoms with Gasteiger partial charge in [0.15, 0.2) is 25.2 Å². The summed E-state index contributed by atoms with van der Waals surface area (Å²) in [6.45, 7) is 12.8. The van der Waals surface area contributed by atoms with Crippen molar-refractivity contribution in [3.05, 3.63) is 0 Å². The van der Waals surface area contributed by atoms with Crippen molar-refractivity contribution in [2.75, 3.05) is 26.4 Å². The van der Waals surface area contributed by atoms with Crippen LogP contribution in [0.5, 0.6) is 0 Å². The van der Waals surface area contributed by atoms with E-state index >= 15 is 0 Å². The lowest BCUT2D eigenvalue weighted by Crippen LogP contribution is -2.67. The molecule has 31 atom stereocenters. The Morgan fingerprint density at radius 3 is 1.62 bits per heavy atom. The number of aliphatic hydroxyl groups excluding tert-OH is 15. The number of rotatable bonds is 17. The third-order valence-corrected chi connectivity index (χ3v) is 21.5. The molecule has 78 heavy (non-hydrogen) atoms. The molecule has 9 aliphatic rings. The molecule has 0 aromatic rings. The van der Waals surface area contributed by atoms with Crippen molar-refractivity contribution in [3.63, 3.8) is 0 Å². The smallest absolute Gasteiger partial charge is 0.187 e. The molecule has 0 spiro atoms. The quantitative estimate of drug-likeness (QED) is 0.0510. The largest absolute Gasteiger partial charge is 0.394 e. The topological polar surface area (TPSA) is 390 Å². The molecular weight excluding hydrogens is 1030 g/mol. The SMILES string of the molecule is CC1(C)OC1CC[C@H](C[C@H]1CC[C@]2(C)C1[C@H](O)CC1[C@@]3(C)CCC(O[C@@H]4O[C@H](CO)[C@@H](O)[C@H](O)[C@H]4O[C@@H]4O[C@H](CO)[C@@H](O)[C@H](O)[C@H]4O)C(C)(C)C3CC[C@]12C)O[C@@H]1O[C@H](CO[C@@H]2O[C@H](CO)[C@@H](O)[C@H](O)[C@H]2O)[C@@H](O)[C@H](O)[C@@H]1O. The van der Waals surface area contributed by atoms with Crippen molar-refractivity contribution in [1.29, 1.82) is 0 Å². The zero-order valence-electron chi connectivity index (χ0n) is 45.9. The zero-order chi connectivity index (χ0) is 56.9. The van der Waals surface area contributed by atoms with Gasteiger partial charge in [0.25, 0.3) is 0 Å². The summed E-state index contributed by atoms with van der Waals surface area (Å²) >= 11 is 0. The maximum Gasteiger partial charge on any atom is 0.187 e. The van der Waals surface area contributed by atoms with Crippen molar-refractivity contribution in [3.8, 4) is 0 Å². The van der Waals surface area contributed by atoms with Crippen molar-refractivity contribution in [1.82, 2.24) is 0 Å². The van der Waals surface area contributed by atoms with Gasteiger partial charge in [0.2, 0.25) is 0 Å². The van der Waals surface area contributed by atoms with Crippen LogP contribution in [-0.2, 0) is 42.6 Å². The highest BCUT2D eigenvalue weighted by molar-refractivity contribution is 5.19. The summed E-state index contributed by atoms with van der Waals surface area (Å²) in [6.07, 6.45) is -26.5. The normalized spacial score (nSPS) is 54.2. The van der Waals surface area contributed by atoms with Crippen LogP contribution < -0.4 is 0 Å². The van der Waals surface area contributed by atoms with E-state index in [0.717, 1.165) is 25.7 Å². The van der Waals surface area contributed by atoms with Gasteiger partial charge < -0.3 is 119 Å². The Morgan fingerprint density at radius 1 is 0.513 bits per heavy atom. The molecule has 0 bridgehead atoms. The molecule has 9 fully saturated rings. The van der Waals surface area contributed by atoms with Crippen LogP contribution in [0.25, 0.3) is 0 Å². The second-order valence-corrected chi connectivity index (χ2v) is 26.4. The van der Waals surface area contributed by atoms with Gasteiger partial charge in [-0.3, -0.25) is 0 Å². The Balaban J connectivity index is 0.893.